The van der Waals surface area contributed by atoms with E-state index in [0.29, 0.717) is 11.6 Å². The van der Waals surface area contributed by atoms with E-state index in [1.807, 2.05) is 24.5 Å². The second kappa shape index (κ2) is 4.49. The summed E-state index contributed by atoms with van der Waals surface area (Å²) in [5, 5.41) is 3.88. The standard InChI is InChI=1S/C11H12N2O2S/c1-14-11-7(4-3-5-9(11)16-2)8-6-10(12)15-13-8/h3-6H,12H2,1-2H3. The number of hydrogen-bond acceptors (Lipinski definition) is 5. The summed E-state index contributed by atoms with van der Waals surface area (Å²) in [6.45, 7) is 0. The van der Waals surface area contributed by atoms with Crippen LogP contribution in [0.25, 0.3) is 11.3 Å². The Hall–Kier alpha value is -1.62. The summed E-state index contributed by atoms with van der Waals surface area (Å²) < 4.78 is 10.2. The minimum absolute atomic E-state index is 0.298. The molecule has 0 unspecified atom stereocenters. The highest BCUT2D eigenvalue weighted by Crippen LogP contribution is 2.37. The highest BCUT2D eigenvalue weighted by molar-refractivity contribution is 7.98. The number of thioether (sulfide) groups is 1. The molecule has 0 spiro atoms. The van der Waals surface area contributed by atoms with E-state index in [1.54, 1.807) is 24.9 Å². The van der Waals surface area contributed by atoms with Crippen LogP contribution in [-0.2, 0) is 0 Å². The number of rotatable bonds is 3. The predicted molar refractivity (Wildman–Crippen MR) is 64.7 cm³/mol. The molecule has 0 bridgehead atoms. The van der Waals surface area contributed by atoms with Crippen LogP contribution in [0.15, 0.2) is 33.7 Å². The zero-order valence-electron chi connectivity index (χ0n) is 9.06. The highest BCUT2D eigenvalue weighted by atomic mass is 32.2. The molecule has 16 heavy (non-hydrogen) atoms. The van der Waals surface area contributed by atoms with Gasteiger partial charge in [-0.15, -0.1) is 11.8 Å². The molecule has 1 aromatic heterocycles. The third-order valence-electron chi connectivity index (χ3n) is 2.21. The Balaban J connectivity index is 2.56. The third-order valence-corrected chi connectivity index (χ3v) is 2.97. The number of nitrogen functional groups attached to an aromatic ring is 1. The quantitative estimate of drug-likeness (QED) is 0.830. The highest BCUT2D eigenvalue weighted by Gasteiger charge is 2.13. The number of aromatic nitrogens is 1. The van der Waals surface area contributed by atoms with Crippen LogP contribution in [0.3, 0.4) is 0 Å². The van der Waals surface area contributed by atoms with Crippen molar-refractivity contribution in [3.05, 3.63) is 24.3 Å². The molecular formula is C11H12N2O2S. The number of hydrogen-bond donors (Lipinski definition) is 1. The minimum atomic E-state index is 0.298. The average Bonchev–Trinajstić information content (AvgIpc) is 2.74. The van der Waals surface area contributed by atoms with Crippen LogP contribution in [0.4, 0.5) is 5.88 Å². The lowest BCUT2D eigenvalue weighted by Crippen LogP contribution is -1.90. The fourth-order valence-electron chi connectivity index (χ4n) is 1.51. The van der Waals surface area contributed by atoms with E-state index < -0.39 is 0 Å². The predicted octanol–water partition coefficient (Wildman–Crippen LogP) is 2.65. The van der Waals surface area contributed by atoms with Crippen molar-refractivity contribution in [2.45, 2.75) is 4.90 Å². The molecule has 2 rings (SSSR count). The summed E-state index contributed by atoms with van der Waals surface area (Å²) in [6.07, 6.45) is 2.00. The number of methoxy groups -OCH3 is 1. The lowest BCUT2D eigenvalue weighted by molar-refractivity contribution is 0.404. The third kappa shape index (κ3) is 1.86. The first-order valence-corrected chi connectivity index (χ1v) is 5.92. The SMILES string of the molecule is COc1c(SC)cccc1-c1cc(N)on1. The molecule has 0 saturated heterocycles. The molecule has 0 fully saturated rings. The first-order valence-electron chi connectivity index (χ1n) is 4.70. The molecule has 0 saturated carbocycles. The fourth-order valence-corrected chi connectivity index (χ4v) is 2.10. The molecule has 2 N–H and O–H groups in total. The first kappa shape index (κ1) is 10.9. The van der Waals surface area contributed by atoms with E-state index in [9.17, 15) is 0 Å². The van der Waals surface area contributed by atoms with Gasteiger partial charge < -0.3 is 15.0 Å². The van der Waals surface area contributed by atoms with Gasteiger partial charge in [0.05, 0.1) is 7.11 Å². The molecule has 2 aromatic rings. The van der Waals surface area contributed by atoms with Crippen LogP contribution >= 0.6 is 11.8 Å². The molecule has 0 aliphatic heterocycles. The number of para-hydroxylation sites is 1. The average molecular weight is 236 g/mol. The van der Waals surface area contributed by atoms with Gasteiger partial charge in [-0.3, -0.25) is 0 Å². The van der Waals surface area contributed by atoms with Gasteiger partial charge in [0.15, 0.2) is 0 Å². The molecule has 0 aliphatic rings. The van der Waals surface area contributed by atoms with Crippen LogP contribution in [0.1, 0.15) is 0 Å². The molecule has 84 valence electrons. The van der Waals surface area contributed by atoms with Gasteiger partial charge in [0.2, 0.25) is 5.88 Å². The van der Waals surface area contributed by atoms with Gasteiger partial charge in [-0.2, -0.15) is 0 Å². The molecule has 4 nitrogen and oxygen atoms in total. The summed E-state index contributed by atoms with van der Waals surface area (Å²) in [6, 6.07) is 7.56. The second-order valence-corrected chi connectivity index (χ2v) is 4.00. The Morgan fingerprint density at radius 3 is 2.81 bits per heavy atom. The Bertz CT molecular complexity index is 496. The molecule has 0 aliphatic carbocycles. The number of nitrogens with two attached hydrogens (primary N) is 1. The smallest absolute Gasteiger partial charge is 0.222 e. The Kier molecular flexibility index (Phi) is 3.05. The van der Waals surface area contributed by atoms with Gasteiger partial charge >= 0.3 is 0 Å². The molecule has 0 atom stereocenters. The summed E-state index contributed by atoms with van der Waals surface area (Å²) >= 11 is 1.62. The van der Waals surface area contributed by atoms with E-state index in [1.165, 1.54) is 0 Å². The van der Waals surface area contributed by atoms with Crippen LogP contribution in [-0.4, -0.2) is 18.5 Å². The maximum atomic E-state index is 5.50. The van der Waals surface area contributed by atoms with Crippen molar-refractivity contribution < 1.29 is 9.26 Å². The maximum Gasteiger partial charge on any atom is 0.222 e. The lowest BCUT2D eigenvalue weighted by atomic mass is 10.1. The second-order valence-electron chi connectivity index (χ2n) is 3.16. The monoisotopic (exact) mass is 236 g/mol. The normalized spacial score (nSPS) is 10.4. The molecular weight excluding hydrogens is 224 g/mol. The van der Waals surface area contributed by atoms with Gasteiger partial charge in [0.1, 0.15) is 11.4 Å². The summed E-state index contributed by atoms with van der Waals surface area (Å²) in [4.78, 5) is 1.06. The lowest BCUT2D eigenvalue weighted by Gasteiger charge is -2.09. The van der Waals surface area contributed by atoms with Crippen molar-refractivity contribution in [3.8, 4) is 17.0 Å². The Morgan fingerprint density at radius 2 is 2.25 bits per heavy atom. The van der Waals surface area contributed by atoms with E-state index >= 15 is 0 Å². The van der Waals surface area contributed by atoms with E-state index in [-0.39, 0.29) is 0 Å². The van der Waals surface area contributed by atoms with Crippen LogP contribution in [0.2, 0.25) is 0 Å². The van der Waals surface area contributed by atoms with Crippen molar-refractivity contribution in [1.29, 1.82) is 0 Å². The van der Waals surface area contributed by atoms with Crippen molar-refractivity contribution in [3.63, 3.8) is 0 Å². The zero-order chi connectivity index (χ0) is 11.5. The fraction of sp³-hybridized carbons (Fsp3) is 0.182. The van der Waals surface area contributed by atoms with Crippen molar-refractivity contribution in [2.24, 2.45) is 0 Å². The molecule has 0 amide bonds. The number of benzene rings is 1. The topological polar surface area (TPSA) is 61.3 Å². The van der Waals surface area contributed by atoms with Gasteiger partial charge in [0, 0.05) is 16.5 Å². The number of nitrogens with zero attached hydrogens (tertiary/aromatic N) is 1. The van der Waals surface area contributed by atoms with E-state index in [4.69, 9.17) is 15.0 Å². The van der Waals surface area contributed by atoms with E-state index in [2.05, 4.69) is 5.16 Å². The number of anilines is 1. The van der Waals surface area contributed by atoms with Gasteiger partial charge in [-0.05, 0) is 18.4 Å². The summed E-state index contributed by atoms with van der Waals surface area (Å²) in [5.41, 5.74) is 7.07. The van der Waals surface area contributed by atoms with E-state index in [0.717, 1.165) is 16.2 Å². The van der Waals surface area contributed by atoms with Crippen molar-refractivity contribution >= 4 is 17.6 Å². The van der Waals surface area contributed by atoms with Crippen molar-refractivity contribution in [1.82, 2.24) is 5.16 Å². The summed E-state index contributed by atoms with van der Waals surface area (Å²) in [5.74, 6) is 1.09. The van der Waals surface area contributed by atoms with Crippen LogP contribution < -0.4 is 10.5 Å². The first-order chi connectivity index (χ1) is 7.76. The Labute approximate surface area is 97.8 Å². The minimum Gasteiger partial charge on any atom is -0.495 e. The summed E-state index contributed by atoms with van der Waals surface area (Å²) in [7, 11) is 1.64. The molecule has 5 heteroatoms. The Morgan fingerprint density at radius 1 is 1.44 bits per heavy atom. The largest absolute Gasteiger partial charge is 0.495 e. The maximum absolute atomic E-state index is 5.50. The zero-order valence-corrected chi connectivity index (χ0v) is 9.88. The van der Waals surface area contributed by atoms with Gasteiger partial charge in [0.25, 0.3) is 0 Å². The number of ether oxygens (including phenoxy) is 1. The molecule has 1 heterocycles. The van der Waals surface area contributed by atoms with Gasteiger partial charge in [-0.1, -0.05) is 11.2 Å². The molecule has 0 radical (unpaired) electrons. The van der Waals surface area contributed by atoms with Crippen LogP contribution in [0.5, 0.6) is 5.75 Å². The van der Waals surface area contributed by atoms with Gasteiger partial charge in [-0.25, -0.2) is 0 Å². The molecule has 1 aromatic carbocycles. The van der Waals surface area contributed by atoms with Crippen LogP contribution in [0, 0.1) is 0 Å². The van der Waals surface area contributed by atoms with Crippen molar-refractivity contribution in [2.75, 3.05) is 19.1 Å².